The lowest BCUT2D eigenvalue weighted by Gasteiger charge is -2.19. The Morgan fingerprint density at radius 2 is 2.00 bits per heavy atom. The Balaban J connectivity index is 2.93. The van der Waals surface area contributed by atoms with Gasteiger partial charge in [0.15, 0.2) is 0 Å². The summed E-state index contributed by atoms with van der Waals surface area (Å²) < 4.78 is 5.23. The number of methoxy groups -OCH3 is 1. The van der Waals surface area contributed by atoms with Gasteiger partial charge in [-0.3, -0.25) is 0 Å². The van der Waals surface area contributed by atoms with Crippen molar-refractivity contribution in [3.05, 3.63) is 29.3 Å². The molecule has 0 fully saturated rings. The van der Waals surface area contributed by atoms with E-state index in [1.54, 1.807) is 7.11 Å². The van der Waals surface area contributed by atoms with Crippen LogP contribution in [0, 0.1) is 5.41 Å². The molecule has 0 heterocycles. The number of hydroxylamine groups is 1. The highest BCUT2D eigenvalue weighted by molar-refractivity contribution is 5.37. The molecular weight excluding hydrogens is 202 g/mol. The van der Waals surface area contributed by atoms with Gasteiger partial charge in [0, 0.05) is 12.1 Å². The fourth-order valence-corrected chi connectivity index (χ4v) is 1.78. The van der Waals surface area contributed by atoms with Gasteiger partial charge in [-0.25, -0.2) is 5.48 Å². The van der Waals surface area contributed by atoms with Crippen LogP contribution in [0.4, 0.5) is 0 Å². The van der Waals surface area contributed by atoms with E-state index in [-0.39, 0.29) is 5.41 Å². The molecule has 0 saturated heterocycles. The molecule has 0 amide bonds. The lowest BCUT2D eigenvalue weighted by atomic mass is 9.87. The van der Waals surface area contributed by atoms with Gasteiger partial charge in [-0.15, -0.1) is 0 Å². The molecule has 0 aromatic heterocycles. The van der Waals surface area contributed by atoms with Gasteiger partial charge in [0.25, 0.3) is 0 Å². The second-order valence-corrected chi connectivity index (χ2v) is 5.22. The van der Waals surface area contributed by atoms with E-state index in [2.05, 4.69) is 38.4 Å². The summed E-state index contributed by atoms with van der Waals surface area (Å²) in [5.41, 5.74) is 4.67. The predicted octanol–water partition coefficient (Wildman–Crippen LogP) is 2.76. The van der Waals surface area contributed by atoms with Crippen LogP contribution in [-0.4, -0.2) is 12.3 Å². The molecule has 0 bridgehead atoms. The van der Waals surface area contributed by atoms with Crippen molar-refractivity contribution in [2.24, 2.45) is 5.41 Å². The van der Waals surface area contributed by atoms with Crippen molar-refractivity contribution in [2.75, 3.05) is 7.11 Å². The third-order valence-electron chi connectivity index (χ3n) is 2.35. The third-order valence-corrected chi connectivity index (χ3v) is 2.35. The molecule has 90 valence electrons. The van der Waals surface area contributed by atoms with Crippen LogP contribution in [0.2, 0.25) is 0 Å². The lowest BCUT2D eigenvalue weighted by molar-refractivity contribution is 0.160. The van der Waals surface area contributed by atoms with E-state index in [0.29, 0.717) is 6.54 Å². The first-order valence-electron chi connectivity index (χ1n) is 5.49. The van der Waals surface area contributed by atoms with Gasteiger partial charge in [-0.2, -0.15) is 0 Å². The molecule has 0 radical (unpaired) electrons. The van der Waals surface area contributed by atoms with E-state index >= 15 is 0 Å². The molecule has 0 spiro atoms. The fourth-order valence-electron chi connectivity index (χ4n) is 1.78. The molecule has 1 rings (SSSR count). The van der Waals surface area contributed by atoms with E-state index < -0.39 is 0 Å². The summed E-state index contributed by atoms with van der Waals surface area (Å²) >= 11 is 0. The highest BCUT2D eigenvalue weighted by Crippen LogP contribution is 2.25. The fraction of sp³-hybridized carbons (Fsp3) is 0.538. The minimum absolute atomic E-state index is 0.262. The smallest absolute Gasteiger partial charge is 0.123 e. The predicted molar refractivity (Wildman–Crippen MR) is 64.8 cm³/mol. The zero-order valence-corrected chi connectivity index (χ0v) is 10.5. The van der Waals surface area contributed by atoms with E-state index in [1.165, 1.54) is 5.56 Å². The molecule has 16 heavy (non-hydrogen) atoms. The Morgan fingerprint density at radius 1 is 1.31 bits per heavy atom. The molecule has 1 aromatic rings. The number of hydrogen-bond donors (Lipinski definition) is 2. The van der Waals surface area contributed by atoms with Crippen molar-refractivity contribution >= 4 is 0 Å². The van der Waals surface area contributed by atoms with Gasteiger partial charge in [-0.05, 0) is 23.5 Å². The summed E-state index contributed by atoms with van der Waals surface area (Å²) in [6.07, 6.45) is 1.01. The van der Waals surface area contributed by atoms with Gasteiger partial charge >= 0.3 is 0 Å². The highest BCUT2D eigenvalue weighted by atomic mass is 16.5. The van der Waals surface area contributed by atoms with Crippen LogP contribution in [0.1, 0.15) is 31.9 Å². The molecule has 3 heteroatoms. The molecule has 0 aliphatic rings. The minimum Gasteiger partial charge on any atom is -0.496 e. The van der Waals surface area contributed by atoms with E-state index in [0.717, 1.165) is 17.7 Å². The topological polar surface area (TPSA) is 41.5 Å². The average molecular weight is 223 g/mol. The maximum atomic E-state index is 8.76. The molecule has 0 saturated carbocycles. The number of rotatable bonds is 4. The Morgan fingerprint density at radius 3 is 2.50 bits per heavy atom. The maximum Gasteiger partial charge on any atom is 0.123 e. The van der Waals surface area contributed by atoms with Crippen LogP contribution in [0.5, 0.6) is 5.75 Å². The Bertz CT molecular complexity index is 342. The van der Waals surface area contributed by atoms with E-state index in [9.17, 15) is 0 Å². The number of nitrogens with one attached hydrogen (secondary N) is 1. The van der Waals surface area contributed by atoms with Gasteiger partial charge in [-0.1, -0.05) is 32.9 Å². The summed E-state index contributed by atoms with van der Waals surface area (Å²) in [7, 11) is 1.64. The third kappa shape index (κ3) is 3.83. The maximum absolute atomic E-state index is 8.76. The first-order valence-corrected chi connectivity index (χ1v) is 5.49. The van der Waals surface area contributed by atoms with Crippen LogP contribution in [0.15, 0.2) is 18.2 Å². The first-order chi connectivity index (χ1) is 7.46. The van der Waals surface area contributed by atoms with Crippen molar-refractivity contribution < 1.29 is 9.94 Å². The van der Waals surface area contributed by atoms with Crippen molar-refractivity contribution in [3.63, 3.8) is 0 Å². The lowest BCUT2D eigenvalue weighted by Crippen LogP contribution is -2.11. The van der Waals surface area contributed by atoms with Crippen LogP contribution < -0.4 is 10.2 Å². The molecule has 2 N–H and O–H groups in total. The highest BCUT2D eigenvalue weighted by Gasteiger charge is 2.12. The Kier molecular flexibility index (Phi) is 4.33. The van der Waals surface area contributed by atoms with E-state index in [1.807, 2.05) is 6.07 Å². The molecule has 0 aliphatic heterocycles. The molecule has 0 atom stereocenters. The molecule has 0 aliphatic carbocycles. The van der Waals surface area contributed by atoms with Crippen molar-refractivity contribution in [3.8, 4) is 5.75 Å². The van der Waals surface area contributed by atoms with Crippen LogP contribution in [0.3, 0.4) is 0 Å². The summed E-state index contributed by atoms with van der Waals surface area (Å²) in [6, 6.07) is 6.10. The second kappa shape index (κ2) is 5.32. The zero-order valence-electron chi connectivity index (χ0n) is 10.5. The summed E-state index contributed by atoms with van der Waals surface area (Å²) in [6.45, 7) is 7.03. The second-order valence-electron chi connectivity index (χ2n) is 5.22. The van der Waals surface area contributed by atoms with Crippen molar-refractivity contribution in [2.45, 2.75) is 33.7 Å². The summed E-state index contributed by atoms with van der Waals surface area (Å²) in [4.78, 5) is 0. The van der Waals surface area contributed by atoms with Crippen molar-refractivity contribution in [1.29, 1.82) is 0 Å². The Labute approximate surface area is 97.4 Å². The monoisotopic (exact) mass is 223 g/mol. The minimum atomic E-state index is 0.262. The zero-order chi connectivity index (χ0) is 12.2. The molecule has 1 aromatic carbocycles. The van der Waals surface area contributed by atoms with Gasteiger partial charge in [0.1, 0.15) is 5.75 Å². The first kappa shape index (κ1) is 13.0. The molecule has 0 unspecified atom stereocenters. The Hall–Kier alpha value is -1.06. The molecular formula is C13H21NO2. The molecule has 3 nitrogen and oxygen atoms in total. The van der Waals surface area contributed by atoms with Crippen LogP contribution in [0.25, 0.3) is 0 Å². The normalized spacial score (nSPS) is 11.6. The SMILES string of the molecule is COc1ccc(CC(C)(C)C)cc1CNO. The van der Waals surface area contributed by atoms with E-state index in [4.69, 9.17) is 9.94 Å². The summed E-state index contributed by atoms with van der Waals surface area (Å²) in [5.74, 6) is 0.805. The van der Waals surface area contributed by atoms with Crippen LogP contribution >= 0.6 is 0 Å². The number of hydrogen-bond acceptors (Lipinski definition) is 3. The standard InChI is InChI=1S/C13H21NO2/c1-13(2,3)8-10-5-6-12(16-4)11(7-10)9-14-15/h5-7,14-15H,8-9H2,1-4H3. The average Bonchev–Trinajstić information content (AvgIpc) is 2.16. The van der Waals surface area contributed by atoms with Gasteiger partial charge < -0.3 is 9.94 Å². The quantitative estimate of drug-likeness (QED) is 0.771. The van der Waals surface area contributed by atoms with Gasteiger partial charge in [0.05, 0.1) is 7.11 Å². The van der Waals surface area contributed by atoms with Gasteiger partial charge in [0.2, 0.25) is 0 Å². The number of ether oxygens (including phenoxy) is 1. The summed E-state index contributed by atoms with van der Waals surface area (Å²) in [5, 5.41) is 8.76. The van der Waals surface area contributed by atoms with Crippen LogP contribution in [-0.2, 0) is 13.0 Å². The largest absolute Gasteiger partial charge is 0.496 e. The number of benzene rings is 1. The van der Waals surface area contributed by atoms with Crippen molar-refractivity contribution in [1.82, 2.24) is 5.48 Å².